The molecule has 2 fully saturated rings. The number of carbonyl (C=O) groups excluding carboxylic acids is 3. The minimum atomic E-state index is -0.698. The number of ketones is 1. The Hall–Kier alpha value is -1.96. The predicted molar refractivity (Wildman–Crippen MR) is 101 cm³/mol. The van der Waals surface area contributed by atoms with Gasteiger partial charge in [0, 0.05) is 43.3 Å². The highest BCUT2D eigenvalue weighted by Gasteiger charge is 2.37. The smallest absolute Gasteiger partial charge is 0.289 e. The lowest BCUT2D eigenvalue weighted by atomic mass is 10.1. The number of benzene rings is 1. The Morgan fingerprint density at radius 3 is 2.52 bits per heavy atom. The maximum atomic E-state index is 12.7. The number of likely N-dealkylation sites (tertiary alicyclic amines) is 1. The number of nitrogens with one attached hydrogen (secondary N) is 1. The van der Waals surface area contributed by atoms with Gasteiger partial charge in [0.2, 0.25) is 5.78 Å². The average Bonchev–Trinajstić information content (AvgIpc) is 3.18. The van der Waals surface area contributed by atoms with Gasteiger partial charge in [-0.25, -0.2) is 0 Å². The minimum Gasteiger partial charge on any atom is -0.379 e. The van der Waals surface area contributed by atoms with Crippen molar-refractivity contribution in [3.63, 3.8) is 0 Å². The van der Waals surface area contributed by atoms with Gasteiger partial charge in [0.1, 0.15) is 6.04 Å². The molecule has 146 valence electrons. The first-order valence-electron chi connectivity index (χ1n) is 9.25. The van der Waals surface area contributed by atoms with Gasteiger partial charge in [-0.2, -0.15) is 0 Å². The van der Waals surface area contributed by atoms with Crippen molar-refractivity contribution in [2.24, 2.45) is 0 Å². The highest BCUT2D eigenvalue weighted by molar-refractivity contribution is 6.38. The normalized spacial score (nSPS) is 20.5. The van der Waals surface area contributed by atoms with E-state index in [2.05, 4.69) is 10.2 Å². The fourth-order valence-electron chi connectivity index (χ4n) is 3.43. The van der Waals surface area contributed by atoms with Crippen molar-refractivity contribution in [2.75, 3.05) is 45.9 Å². The SMILES string of the molecule is O=C(NCCN1CCOCC1)C(=O)C1CCCN1C(=O)c1ccc(Cl)cc1. The van der Waals surface area contributed by atoms with E-state index in [0.29, 0.717) is 56.3 Å². The summed E-state index contributed by atoms with van der Waals surface area (Å²) < 4.78 is 5.28. The zero-order valence-electron chi connectivity index (χ0n) is 15.2. The van der Waals surface area contributed by atoms with Crippen LogP contribution in [0.5, 0.6) is 0 Å². The summed E-state index contributed by atoms with van der Waals surface area (Å²) in [7, 11) is 0. The standard InChI is InChI=1S/C19H24ClN3O4/c20-15-5-3-14(4-6-15)19(26)23-8-1-2-16(23)17(24)18(25)21-7-9-22-10-12-27-13-11-22/h3-6,16H,1-2,7-13H2,(H,21,25). The summed E-state index contributed by atoms with van der Waals surface area (Å²) in [6.45, 7) is 4.60. The van der Waals surface area contributed by atoms with Crippen molar-refractivity contribution in [3.05, 3.63) is 34.9 Å². The molecule has 1 aromatic rings. The first kappa shape index (κ1) is 19.8. The van der Waals surface area contributed by atoms with Crippen LogP contribution in [0.3, 0.4) is 0 Å². The summed E-state index contributed by atoms with van der Waals surface area (Å²) in [6, 6.07) is 5.84. The van der Waals surface area contributed by atoms with Gasteiger partial charge < -0.3 is 15.0 Å². The molecule has 1 aromatic carbocycles. The van der Waals surface area contributed by atoms with Crippen LogP contribution in [0.4, 0.5) is 0 Å². The highest BCUT2D eigenvalue weighted by atomic mass is 35.5. The van der Waals surface area contributed by atoms with Crippen molar-refractivity contribution in [2.45, 2.75) is 18.9 Å². The molecular weight excluding hydrogens is 370 g/mol. The molecule has 0 aliphatic carbocycles. The maximum absolute atomic E-state index is 12.7. The van der Waals surface area contributed by atoms with Gasteiger partial charge in [-0.1, -0.05) is 11.6 Å². The number of halogens is 1. The number of nitrogens with zero attached hydrogens (tertiary/aromatic N) is 2. The topological polar surface area (TPSA) is 79.0 Å². The van der Waals surface area contributed by atoms with Gasteiger partial charge in [0.05, 0.1) is 13.2 Å². The molecule has 0 saturated carbocycles. The van der Waals surface area contributed by atoms with Crippen LogP contribution in [0.1, 0.15) is 23.2 Å². The zero-order chi connectivity index (χ0) is 19.2. The Balaban J connectivity index is 1.53. The van der Waals surface area contributed by atoms with Gasteiger partial charge >= 0.3 is 0 Å². The molecule has 2 aliphatic rings. The third kappa shape index (κ3) is 5.06. The summed E-state index contributed by atoms with van der Waals surface area (Å²) >= 11 is 5.86. The quantitative estimate of drug-likeness (QED) is 0.728. The van der Waals surface area contributed by atoms with E-state index in [4.69, 9.17) is 16.3 Å². The van der Waals surface area contributed by atoms with Gasteiger partial charge in [-0.05, 0) is 37.1 Å². The monoisotopic (exact) mass is 393 g/mol. The third-order valence-electron chi connectivity index (χ3n) is 4.95. The number of hydrogen-bond acceptors (Lipinski definition) is 5. The molecule has 2 amide bonds. The summed E-state index contributed by atoms with van der Waals surface area (Å²) in [4.78, 5) is 41.2. The van der Waals surface area contributed by atoms with E-state index >= 15 is 0 Å². The number of hydrogen-bond donors (Lipinski definition) is 1. The van der Waals surface area contributed by atoms with Gasteiger partial charge in [0.25, 0.3) is 11.8 Å². The number of ether oxygens (including phenoxy) is 1. The predicted octanol–water partition coefficient (Wildman–Crippen LogP) is 0.962. The molecule has 0 radical (unpaired) electrons. The van der Waals surface area contributed by atoms with Crippen LogP contribution in [0.25, 0.3) is 0 Å². The zero-order valence-corrected chi connectivity index (χ0v) is 15.9. The first-order valence-corrected chi connectivity index (χ1v) is 9.63. The number of amides is 2. The Morgan fingerprint density at radius 2 is 1.81 bits per heavy atom. The van der Waals surface area contributed by atoms with Gasteiger partial charge in [0.15, 0.2) is 0 Å². The van der Waals surface area contributed by atoms with Gasteiger partial charge in [-0.15, -0.1) is 0 Å². The molecule has 3 rings (SSSR count). The molecule has 1 N–H and O–H groups in total. The van der Waals surface area contributed by atoms with E-state index in [1.165, 1.54) is 4.90 Å². The van der Waals surface area contributed by atoms with Crippen LogP contribution in [0, 0.1) is 0 Å². The molecule has 1 unspecified atom stereocenters. The van der Waals surface area contributed by atoms with E-state index in [9.17, 15) is 14.4 Å². The van der Waals surface area contributed by atoms with E-state index in [1.54, 1.807) is 24.3 Å². The van der Waals surface area contributed by atoms with E-state index in [0.717, 1.165) is 13.1 Å². The number of rotatable bonds is 6. The summed E-state index contributed by atoms with van der Waals surface area (Å²) in [5.41, 5.74) is 0.465. The van der Waals surface area contributed by atoms with Crippen molar-refractivity contribution in [1.82, 2.24) is 15.1 Å². The maximum Gasteiger partial charge on any atom is 0.289 e. The van der Waals surface area contributed by atoms with Crippen LogP contribution in [-0.4, -0.2) is 79.4 Å². The lowest BCUT2D eigenvalue weighted by Crippen LogP contribution is -2.48. The molecule has 0 bridgehead atoms. The lowest BCUT2D eigenvalue weighted by molar-refractivity contribution is -0.140. The van der Waals surface area contributed by atoms with Crippen LogP contribution >= 0.6 is 11.6 Å². The molecule has 8 heteroatoms. The molecule has 0 aromatic heterocycles. The summed E-state index contributed by atoms with van der Waals surface area (Å²) in [6.07, 6.45) is 1.21. The first-order chi connectivity index (χ1) is 13.1. The number of morpholine rings is 1. The molecule has 2 heterocycles. The lowest BCUT2D eigenvalue weighted by Gasteiger charge is -2.26. The third-order valence-corrected chi connectivity index (χ3v) is 5.20. The van der Waals surface area contributed by atoms with Crippen molar-refractivity contribution in [1.29, 1.82) is 0 Å². The number of carbonyl (C=O) groups is 3. The van der Waals surface area contributed by atoms with Crippen molar-refractivity contribution < 1.29 is 19.1 Å². The summed E-state index contributed by atoms with van der Waals surface area (Å²) in [5.74, 6) is -1.41. The van der Waals surface area contributed by atoms with E-state index in [1.807, 2.05) is 0 Å². The average molecular weight is 394 g/mol. The molecule has 1 atom stereocenters. The van der Waals surface area contributed by atoms with Gasteiger partial charge in [-0.3, -0.25) is 19.3 Å². The fourth-order valence-corrected chi connectivity index (χ4v) is 3.56. The molecular formula is C19H24ClN3O4. The van der Waals surface area contributed by atoms with E-state index in [-0.39, 0.29) is 5.91 Å². The Morgan fingerprint density at radius 1 is 1.11 bits per heavy atom. The Labute approximate surface area is 163 Å². The molecule has 0 spiro atoms. The fraction of sp³-hybridized carbons (Fsp3) is 0.526. The van der Waals surface area contributed by atoms with Crippen molar-refractivity contribution >= 4 is 29.2 Å². The molecule has 2 saturated heterocycles. The van der Waals surface area contributed by atoms with Crippen LogP contribution in [0.2, 0.25) is 5.02 Å². The van der Waals surface area contributed by atoms with Crippen LogP contribution < -0.4 is 5.32 Å². The number of Topliss-reactive ketones (excluding diaryl/α,β-unsaturated/α-hetero) is 1. The van der Waals surface area contributed by atoms with Crippen molar-refractivity contribution in [3.8, 4) is 0 Å². The Bertz CT molecular complexity index is 689. The summed E-state index contributed by atoms with van der Waals surface area (Å²) in [5, 5.41) is 3.23. The second-order valence-electron chi connectivity index (χ2n) is 6.74. The van der Waals surface area contributed by atoms with Crippen LogP contribution in [-0.2, 0) is 14.3 Å². The molecule has 2 aliphatic heterocycles. The molecule has 7 nitrogen and oxygen atoms in total. The highest BCUT2D eigenvalue weighted by Crippen LogP contribution is 2.22. The second kappa shape index (κ2) is 9.30. The Kier molecular flexibility index (Phi) is 6.82. The largest absolute Gasteiger partial charge is 0.379 e. The molecule has 27 heavy (non-hydrogen) atoms. The minimum absolute atomic E-state index is 0.247. The van der Waals surface area contributed by atoms with E-state index < -0.39 is 17.7 Å². The van der Waals surface area contributed by atoms with Crippen LogP contribution in [0.15, 0.2) is 24.3 Å². The second-order valence-corrected chi connectivity index (χ2v) is 7.17.